The zero-order chi connectivity index (χ0) is 22.5. The molecule has 2 aromatic heterocycles. The predicted molar refractivity (Wildman–Crippen MR) is 125 cm³/mol. The van der Waals surface area contributed by atoms with Gasteiger partial charge in [0.05, 0.1) is 18.8 Å². The molecule has 4 rings (SSSR count). The molecule has 0 saturated heterocycles. The molecule has 3 aromatic rings. The normalized spacial score (nSPS) is 14.2. The maximum absolute atomic E-state index is 13.5. The highest BCUT2D eigenvalue weighted by Gasteiger charge is 2.41. The maximum Gasteiger partial charge on any atom is 0.277 e. The molecule has 168 valence electrons. The van der Waals surface area contributed by atoms with Crippen molar-refractivity contribution in [3.8, 4) is 0 Å². The number of nitrogens with zero attached hydrogens (tertiary/aromatic N) is 2. The van der Waals surface area contributed by atoms with Gasteiger partial charge in [0, 0.05) is 55.8 Å². The Morgan fingerprint density at radius 3 is 2.44 bits per heavy atom. The zero-order valence-corrected chi connectivity index (χ0v) is 19.1. The van der Waals surface area contributed by atoms with Crippen LogP contribution in [-0.2, 0) is 25.5 Å². The van der Waals surface area contributed by atoms with Crippen molar-refractivity contribution in [3.05, 3.63) is 64.1 Å². The number of hydrogen-bond donors (Lipinski definition) is 1. The lowest BCUT2D eigenvalue weighted by atomic mass is 10.1. The molecule has 8 heteroatoms. The van der Waals surface area contributed by atoms with E-state index in [2.05, 4.69) is 4.98 Å². The van der Waals surface area contributed by atoms with Crippen LogP contribution in [0.1, 0.15) is 10.4 Å². The highest BCUT2D eigenvalue weighted by molar-refractivity contribution is 7.11. The number of aromatic amines is 1. The van der Waals surface area contributed by atoms with Gasteiger partial charge in [-0.05, 0) is 29.5 Å². The highest BCUT2D eigenvalue weighted by Crippen LogP contribution is 2.34. The third kappa shape index (κ3) is 4.34. The number of rotatable bonds is 11. The molecule has 1 aliphatic heterocycles. The van der Waals surface area contributed by atoms with Crippen LogP contribution in [0, 0.1) is 0 Å². The van der Waals surface area contributed by atoms with Crippen LogP contribution in [0.25, 0.3) is 16.5 Å². The van der Waals surface area contributed by atoms with Crippen molar-refractivity contribution in [1.82, 2.24) is 14.8 Å². The zero-order valence-electron chi connectivity index (χ0n) is 18.3. The maximum atomic E-state index is 13.5. The number of H-pyrrole nitrogens is 1. The van der Waals surface area contributed by atoms with Crippen LogP contribution < -0.4 is 0 Å². The molecular formula is C24H27N3O4S. The fourth-order valence-corrected chi connectivity index (χ4v) is 4.77. The van der Waals surface area contributed by atoms with Crippen LogP contribution in [0.15, 0.2) is 53.7 Å². The van der Waals surface area contributed by atoms with E-state index < -0.39 is 0 Å². The summed E-state index contributed by atoms with van der Waals surface area (Å²) in [4.78, 5) is 34.3. The minimum absolute atomic E-state index is 0.243. The summed E-state index contributed by atoms with van der Waals surface area (Å²) in [6.45, 7) is 2.21. The minimum Gasteiger partial charge on any atom is -0.383 e. The molecule has 1 aromatic carbocycles. The lowest BCUT2D eigenvalue weighted by molar-refractivity contribution is -0.137. The second-order valence-electron chi connectivity index (χ2n) is 7.54. The van der Waals surface area contributed by atoms with Gasteiger partial charge < -0.3 is 19.4 Å². The molecule has 0 bridgehead atoms. The molecule has 0 unspecified atom stereocenters. The van der Waals surface area contributed by atoms with Gasteiger partial charge in [-0.1, -0.05) is 24.3 Å². The summed E-state index contributed by atoms with van der Waals surface area (Å²) in [5, 5.41) is 3.03. The van der Waals surface area contributed by atoms with E-state index in [4.69, 9.17) is 9.47 Å². The number of amides is 2. The van der Waals surface area contributed by atoms with Crippen molar-refractivity contribution in [2.45, 2.75) is 6.42 Å². The summed E-state index contributed by atoms with van der Waals surface area (Å²) in [6.07, 6.45) is 2.54. The number of hydrogen-bond acceptors (Lipinski definition) is 6. The number of methoxy groups -OCH3 is 2. The third-order valence-electron chi connectivity index (χ3n) is 5.64. The van der Waals surface area contributed by atoms with Crippen LogP contribution >= 0.6 is 11.3 Å². The molecule has 0 fully saturated rings. The average Bonchev–Trinajstić information content (AvgIpc) is 3.52. The Kier molecular flexibility index (Phi) is 7.04. The number of carbonyl (C=O) groups excluding carboxylic acids is 2. The van der Waals surface area contributed by atoms with Gasteiger partial charge in [-0.15, -0.1) is 11.3 Å². The minimum atomic E-state index is -0.259. The Bertz CT molecular complexity index is 1110. The standard InChI is InChI=1S/C24H27N3O4S/c1-30-13-11-26(12-14-31-2)22-21(20-8-5-15-32-20)23(28)27(24(22)29)10-9-17-16-25-19-7-4-3-6-18(17)19/h3-8,15-16,25H,9-14H2,1-2H3. The molecule has 0 saturated carbocycles. The predicted octanol–water partition coefficient (Wildman–Crippen LogP) is 3.15. The quantitative estimate of drug-likeness (QED) is 0.452. The molecular weight excluding hydrogens is 426 g/mol. The van der Waals surface area contributed by atoms with Gasteiger partial charge in [0.1, 0.15) is 5.70 Å². The van der Waals surface area contributed by atoms with Crippen molar-refractivity contribution in [2.75, 3.05) is 47.1 Å². The topological polar surface area (TPSA) is 74.9 Å². The lowest BCUT2D eigenvalue weighted by Gasteiger charge is -2.25. The molecule has 0 atom stereocenters. The van der Waals surface area contributed by atoms with E-state index in [1.165, 1.54) is 16.2 Å². The van der Waals surface area contributed by atoms with Crippen molar-refractivity contribution in [3.63, 3.8) is 0 Å². The van der Waals surface area contributed by atoms with Gasteiger partial charge in [0.15, 0.2) is 0 Å². The van der Waals surface area contributed by atoms with Crippen LogP contribution in [-0.4, -0.2) is 73.7 Å². The lowest BCUT2D eigenvalue weighted by Crippen LogP contribution is -2.38. The molecule has 1 aliphatic rings. The first kappa shape index (κ1) is 22.3. The van der Waals surface area contributed by atoms with E-state index >= 15 is 0 Å². The largest absolute Gasteiger partial charge is 0.383 e. The van der Waals surface area contributed by atoms with E-state index in [9.17, 15) is 9.59 Å². The first-order valence-corrected chi connectivity index (χ1v) is 11.5. The van der Waals surface area contributed by atoms with E-state index in [0.717, 1.165) is 21.3 Å². The number of aromatic nitrogens is 1. The number of nitrogens with one attached hydrogen (secondary N) is 1. The Hall–Kier alpha value is -2.94. The van der Waals surface area contributed by atoms with Gasteiger partial charge >= 0.3 is 0 Å². The number of imide groups is 1. The van der Waals surface area contributed by atoms with E-state index in [1.54, 1.807) is 14.2 Å². The average molecular weight is 454 g/mol. The second kappa shape index (κ2) is 10.1. The summed E-state index contributed by atoms with van der Waals surface area (Å²) >= 11 is 1.46. The molecule has 7 nitrogen and oxygen atoms in total. The second-order valence-corrected chi connectivity index (χ2v) is 8.49. The van der Waals surface area contributed by atoms with E-state index in [-0.39, 0.29) is 11.8 Å². The summed E-state index contributed by atoms with van der Waals surface area (Å²) in [6, 6.07) is 11.8. The number of benzene rings is 1. The molecule has 1 N–H and O–H groups in total. The Labute approximate surface area is 191 Å². The van der Waals surface area contributed by atoms with Crippen LogP contribution in [0.2, 0.25) is 0 Å². The molecule has 3 heterocycles. The van der Waals surface area contributed by atoms with Gasteiger partial charge in [0.2, 0.25) is 0 Å². The van der Waals surface area contributed by atoms with Gasteiger partial charge in [-0.3, -0.25) is 14.5 Å². The summed E-state index contributed by atoms with van der Waals surface area (Å²) in [5.74, 6) is -0.502. The molecule has 0 spiro atoms. The molecule has 0 aliphatic carbocycles. The first-order chi connectivity index (χ1) is 15.7. The van der Waals surface area contributed by atoms with Crippen molar-refractivity contribution < 1.29 is 19.1 Å². The van der Waals surface area contributed by atoms with Gasteiger partial charge in [-0.2, -0.15) is 0 Å². The molecule has 2 amide bonds. The van der Waals surface area contributed by atoms with Gasteiger partial charge in [-0.25, -0.2) is 0 Å². The van der Waals surface area contributed by atoms with E-state index in [1.807, 2.05) is 52.9 Å². The third-order valence-corrected chi connectivity index (χ3v) is 6.53. The Balaban J connectivity index is 1.62. The first-order valence-electron chi connectivity index (χ1n) is 10.6. The summed E-state index contributed by atoms with van der Waals surface area (Å²) in [7, 11) is 3.25. The highest BCUT2D eigenvalue weighted by atomic mass is 32.1. The van der Waals surface area contributed by atoms with E-state index in [0.29, 0.717) is 50.5 Å². The summed E-state index contributed by atoms with van der Waals surface area (Å²) in [5.41, 5.74) is 3.04. The smallest absolute Gasteiger partial charge is 0.277 e. The van der Waals surface area contributed by atoms with Crippen molar-refractivity contribution in [2.24, 2.45) is 0 Å². The van der Waals surface area contributed by atoms with Gasteiger partial charge in [0.25, 0.3) is 11.8 Å². The fraction of sp³-hybridized carbons (Fsp3) is 0.333. The fourth-order valence-electron chi connectivity index (χ4n) is 4.01. The van der Waals surface area contributed by atoms with Crippen LogP contribution in [0.3, 0.4) is 0 Å². The van der Waals surface area contributed by atoms with Crippen LogP contribution in [0.5, 0.6) is 0 Å². The number of carbonyl (C=O) groups is 2. The SMILES string of the molecule is COCCN(CCOC)C1=C(c2cccs2)C(=O)N(CCc2c[nH]c3ccccc23)C1=O. The molecule has 32 heavy (non-hydrogen) atoms. The number of para-hydroxylation sites is 1. The number of thiophene rings is 1. The Morgan fingerprint density at radius 1 is 1.00 bits per heavy atom. The Morgan fingerprint density at radius 2 is 1.75 bits per heavy atom. The number of fused-ring (bicyclic) bond motifs is 1. The number of ether oxygens (including phenoxy) is 2. The molecule has 0 radical (unpaired) electrons. The summed E-state index contributed by atoms with van der Waals surface area (Å²) < 4.78 is 10.5. The van der Waals surface area contributed by atoms with Crippen molar-refractivity contribution in [1.29, 1.82) is 0 Å². The van der Waals surface area contributed by atoms with Crippen molar-refractivity contribution >= 4 is 39.6 Å². The van der Waals surface area contributed by atoms with Crippen LogP contribution in [0.4, 0.5) is 0 Å². The monoisotopic (exact) mass is 453 g/mol.